The van der Waals surface area contributed by atoms with E-state index in [1.807, 2.05) is 0 Å². The number of fused-ring (bicyclic) bond motifs is 1. The number of methoxy groups -OCH3 is 1. The van der Waals surface area contributed by atoms with Gasteiger partial charge >= 0.3 is 5.97 Å². The fourth-order valence-electron chi connectivity index (χ4n) is 1.66. The molecule has 0 saturated heterocycles. The first-order chi connectivity index (χ1) is 9.01. The molecule has 0 bridgehead atoms. The van der Waals surface area contributed by atoms with Gasteiger partial charge in [0, 0.05) is 6.07 Å². The summed E-state index contributed by atoms with van der Waals surface area (Å²) in [6.07, 6.45) is -0.376. The van der Waals surface area contributed by atoms with Crippen molar-refractivity contribution in [1.29, 1.82) is 0 Å². The van der Waals surface area contributed by atoms with Crippen LogP contribution in [0, 0.1) is 0 Å². The van der Waals surface area contributed by atoms with Crippen LogP contribution in [0.3, 0.4) is 0 Å². The van der Waals surface area contributed by atoms with Gasteiger partial charge in [-0.15, -0.1) is 0 Å². The molecule has 2 rings (SSSR count). The summed E-state index contributed by atoms with van der Waals surface area (Å²) in [5, 5.41) is 17.7. The van der Waals surface area contributed by atoms with Crippen molar-refractivity contribution in [3.63, 3.8) is 0 Å². The van der Waals surface area contributed by atoms with E-state index in [-0.39, 0.29) is 12.3 Å². The monoisotopic (exact) mass is 281 g/mol. The fraction of sp³-hybridized carbons (Fsp3) is 0.250. The smallest absolute Gasteiger partial charge is 0.304 e. The number of carbonyl (C=O) groups is 1. The van der Waals surface area contributed by atoms with Gasteiger partial charge in [-0.2, -0.15) is 0 Å². The highest BCUT2D eigenvalue weighted by Gasteiger charge is 2.25. The van der Waals surface area contributed by atoms with Crippen LogP contribution in [-0.4, -0.2) is 33.3 Å². The molecule has 0 aliphatic rings. The van der Waals surface area contributed by atoms with Gasteiger partial charge in [0.05, 0.1) is 13.5 Å². The summed E-state index contributed by atoms with van der Waals surface area (Å²) < 4.78 is 10.5. The molecule has 7 heteroatoms. The molecule has 2 aromatic rings. The third-order valence-corrected chi connectivity index (χ3v) is 2.87. The maximum absolute atomic E-state index is 10.7. The van der Waals surface area contributed by atoms with Gasteiger partial charge in [-0.1, -0.05) is 0 Å². The zero-order chi connectivity index (χ0) is 14.0. The first-order valence-electron chi connectivity index (χ1n) is 5.40. The molecule has 0 fully saturated rings. The van der Waals surface area contributed by atoms with Gasteiger partial charge < -0.3 is 19.4 Å². The normalized spacial score (nSPS) is 12.3. The Kier molecular flexibility index (Phi) is 3.66. The van der Waals surface area contributed by atoms with E-state index in [4.69, 9.17) is 14.3 Å². The molecular weight excluding hydrogens is 270 g/mol. The quantitative estimate of drug-likeness (QED) is 0.812. The van der Waals surface area contributed by atoms with Crippen LogP contribution in [-0.2, 0) is 4.79 Å². The number of carboxylic acid groups (broad SMARTS) is 1. The molecule has 6 nitrogen and oxygen atoms in total. The van der Waals surface area contributed by atoms with Crippen molar-refractivity contribution in [2.45, 2.75) is 12.3 Å². The van der Waals surface area contributed by atoms with Crippen molar-refractivity contribution in [3.8, 4) is 5.75 Å². The van der Waals surface area contributed by atoms with Gasteiger partial charge in [0.2, 0.25) is 5.89 Å². The van der Waals surface area contributed by atoms with Crippen molar-refractivity contribution >= 4 is 34.3 Å². The van der Waals surface area contributed by atoms with Crippen LogP contribution in [0.25, 0.3) is 11.1 Å². The van der Waals surface area contributed by atoms with Crippen LogP contribution < -0.4 is 4.74 Å². The Morgan fingerprint density at radius 3 is 2.84 bits per heavy atom. The fourth-order valence-corrected chi connectivity index (χ4v) is 1.84. The van der Waals surface area contributed by atoms with Crippen molar-refractivity contribution < 1.29 is 24.2 Å². The van der Waals surface area contributed by atoms with Crippen LogP contribution in [0.5, 0.6) is 5.75 Å². The van der Waals surface area contributed by atoms with Gasteiger partial charge in [-0.05, 0) is 24.4 Å². The predicted molar refractivity (Wildman–Crippen MR) is 70.8 cm³/mol. The van der Waals surface area contributed by atoms with E-state index in [0.717, 1.165) is 0 Å². The molecule has 1 aromatic carbocycles. The maximum atomic E-state index is 10.7. The summed E-state index contributed by atoms with van der Waals surface area (Å²) in [7, 11) is 1.53. The minimum atomic E-state index is -1.10. The molecule has 1 heterocycles. The molecule has 1 aromatic heterocycles. The largest absolute Gasteiger partial charge is 0.501 e. The van der Waals surface area contributed by atoms with Gasteiger partial charge in [-0.3, -0.25) is 4.79 Å². The first kappa shape index (κ1) is 13.3. The maximum Gasteiger partial charge on any atom is 0.304 e. The Hall–Kier alpha value is -2.15. The van der Waals surface area contributed by atoms with Crippen molar-refractivity contribution in [3.05, 3.63) is 24.1 Å². The predicted octanol–water partition coefficient (Wildman–Crippen LogP) is 2.28. The molecule has 1 atom stereocenters. The molecule has 0 radical (unpaired) electrons. The number of hydrogen-bond acceptors (Lipinski definition) is 5. The summed E-state index contributed by atoms with van der Waals surface area (Å²) in [6.45, 7) is 0. The number of carboxylic acids is 1. The highest BCUT2D eigenvalue weighted by molar-refractivity contribution is 7.80. The van der Waals surface area contributed by atoms with Crippen LogP contribution >= 0.6 is 12.2 Å². The number of nitrogens with zero attached hydrogens (tertiary/aromatic N) is 1. The molecule has 2 N–H and O–H groups in total. The lowest BCUT2D eigenvalue weighted by molar-refractivity contribution is -0.137. The second kappa shape index (κ2) is 5.23. The Balaban J connectivity index is 2.42. The number of ether oxygens (including phenoxy) is 1. The molecule has 19 heavy (non-hydrogen) atoms. The minimum Gasteiger partial charge on any atom is -0.501 e. The molecule has 1 unspecified atom stereocenters. The highest BCUT2D eigenvalue weighted by Crippen LogP contribution is 2.27. The van der Waals surface area contributed by atoms with Crippen LogP contribution in [0.2, 0.25) is 0 Å². The van der Waals surface area contributed by atoms with E-state index in [9.17, 15) is 9.90 Å². The minimum absolute atomic E-state index is 0.0816. The van der Waals surface area contributed by atoms with E-state index in [1.54, 1.807) is 18.2 Å². The highest BCUT2D eigenvalue weighted by atomic mass is 32.1. The van der Waals surface area contributed by atoms with Gasteiger partial charge in [-0.25, -0.2) is 4.98 Å². The number of hydrogen-bond donors (Lipinski definition) is 2. The standard InChI is InChI=1S/C12H11NO5S/c1-17-6-2-3-9-8(4-6)13-11(18-9)7(12(16)19)5-10(14)15/h2-4,7H,5H2,1H3,(H,14,15)(H,16,19). The summed E-state index contributed by atoms with van der Waals surface area (Å²) >= 11 is 4.64. The molecule has 0 aliphatic carbocycles. The zero-order valence-electron chi connectivity index (χ0n) is 9.99. The van der Waals surface area contributed by atoms with Gasteiger partial charge in [0.1, 0.15) is 17.2 Å². The Morgan fingerprint density at radius 1 is 1.53 bits per heavy atom. The van der Waals surface area contributed by atoms with E-state index in [2.05, 4.69) is 17.2 Å². The van der Waals surface area contributed by atoms with E-state index in [0.29, 0.717) is 16.8 Å². The molecule has 0 spiro atoms. The third-order valence-electron chi connectivity index (χ3n) is 2.59. The molecule has 0 saturated carbocycles. The average molecular weight is 281 g/mol. The second-order valence-electron chi connectivity index (χ2n) is 3.87. The van der Waals surface area contributed by atoms with Gasteiger partial charge in [0.15, 0.2) is 10.6 Å². The van der Waals surface area contributed by atoms with E-state index >= 15 is 0 Å². The summed E-state index contributed by atoms with van der Waals surface area (Å²) in [5.74, 6) is -1.35. The number of aliphatic hydroxyl groups is 1. The van der Waals surface area contributed by atoms with Crippen molar-refractivity contribution in [2.24, 2.45) is 0 Å². The van der Waals surface area contributed by atoms with E-state index < -0.39 is 16.9 Å². The van der Waals surface area contributed by atoms with Crippen molar-refractivity contribution in [1.82, 2.24) is 4.98 Å². The summed E-state index contributed by atoms with van der Waals surface area (Å²) in [5.41, 5.74) is 0.989. The van der Waals surface area contributed by atoms with Gasteiger partial charge in [0.25, 0.3) is 0 Å². The lowest BCUT2D eigenvalue weighted by Crippen LogP contribution is -2.14. The van der Waals surface area contributed by atoms with Crippen molar-refractivity contribution in [2.75, 3.05) is 7.11 Å². The number of oxazole rings is 1. The lowest BCUT2D eigenvalue weighted by atomic mass is 10.1. The molecular formula is C12H11NO5S. The lowest BCUT2D eigenvalue weighted by Gasteiger charge is -2.06. The van der Waals surface area contributed by atoms with Crippen LogP contribution in [0.4, 0.5) is 0 Å². The third kappa shape index (κ3) is 2.82. The Bertz CT molecular complexity index is 636. The number of rotatable bonds is 5. The van der Waals surface area contributed by atoms with Crippen LogP contribution in [0.15, 0.2) is 22.6 Å². The molecule has 0 amide bonds. The number of aliphatic hydroxyl groups excluding tert-OH is 1. The number of thiocarbonyl (C=S) groups is 1. The summed E-state index contributed by atoms with van der Waals surface area (Å²) in [4.78, 5) is 14.9. The summed E-state index contributed by atoms with van der Waals surface area (Å²) in [6, 6.07) is 5.00. The average Bonchev–Trinajstić information content (AvgIpc) is 2.77. The first-order valence-corrected chi connectivity index (χ1v) is 5.81. The zero-order valence-corrected chi connectivity index (χ0v) is 10.8. The van der Waals surface area contributed by atoms with E-state index in [1.165, 1.54) is 7.11 Å². The molecule has 0 aliphatic heterocycles. The topological polar surface area (TPSA) is 92.8 Å². The van der Waals surface area contributed by atoms with Crippen LogP contribution in [0.1, 0.15) is 18.2 Å². The SMILES string of the molecule is COc1ccc2oc(C(CC(=O)O)C(O)=S)nc2c1. The number of benzene rings is 1. The Labute approximate surface area is 113 Å². The second-order valence-corrected chi connectivity index (χ2v) is 4.29. The number of aliphatic carboxylic acids is 1. The number of aromatic nitrogens is 1. The molecule has 100 valence electrons. The Morgan fingerprint density at radius 2 is 2.26 bits per heavy atom.